The molecule has 0 bridgehead atoms. The van der Waals surface area contributed by atoms with Crippen LogP contribution in [0.1, 0.15) is 11.1 Å². The maximum Gasteiger partial charge on any atom is 0.323 e. The molecule has 2 amide bonds. The number of aryl methyl sites for hydroxylation is 2. The number of hydrogen-bond acceptors (Lipinski definition) is 7. The SMILES string of the molecule is COc1cc(N=Nc2cccc([N+](C)(C)C)c2)c(C)cc1NC(=O)Nc1cc(C)c(N=Nc2cccc([N+](C)(C)C)c2)cc1OC.[Cl-].[Cl-]. The number of nitrogens with zero attached hydrogens (tertiary/aromatic N) is 6. The molecule has 256 valence electrons. The van der Waals surface area contributed by atoms with Gasteiger partial charge in [-0.2, -0.15) is 20.5 Å². The van der Waals surface area contributed by atoms with E-state index in [1.54, 1.807) is 24.3 Å². The third-order valence-electron chi connectivity index (χ3n) is 7.29. The lowest BCUT2D eigenvalue weighted by molar-refractivity contribution is -0.00100. The van der Waals surface area contributed by atoms with Gasteiger partial charge in [0, 0.05) is 24.3 Å². The van der Waals surface area contributed by atoms with Gasteiger partial charge in [0.05, 0.1) is 90.6 Å². The minimum absolute atomic E-state index is 0. The average molecular weight is 696 g/mol. The summed E-state index contributed by atoms with van der Waals surface area (Å²) in [6, 6.07) is 22.5. The van der Waals surface area contributed by atoms with Gasteiger partial charge < -0.3 is 44.9 Å². The van der Waals surface area contributed by atoms with Crippen LogP contribution in [0.4, 0.5) is 50.3 Å². The van der Waals surface area contributed by atoms with Crippen LogP contribution < -0.4 is 53.9 Å². The molecular weight excluding hydrogens is 651 g/mol. The van der Waals surface area contributed by atoms with Gasteiger partial charge in [-0.05, 0) is 61.4 Å². The maximum absolute atomic E-state index is 13.1. The van der Waals surface area contributed by atoms with Crippen LogP contribution >= 0.6 is 0 Å². The molecule has 0 atom stereocenters. The summed E-state index contributed by atoms with van der Waals surface area (Å²) in [5.41, 5.74) is 7.59. The number of carbonyl (C=O) groups excluding carboxylic acids is 1. The van der Waals surface area contributed by atoms with E-state index >= 15 is 0 Å². The quantitative estimate of drug-likeness (QED) is 0.197. The fourth-order valence-electron chi connectivity index (χ4n) is 4.55. The van der Waals surface area contributed by atoms with Gasteiger partial charge in [0.15, 0.2) is 0 Å². The van der Waals surface area contributed by atoms with Crippen molar-refractivity contribution in [1.82, 2.24) is 8.97 Å². The number of methoxy groups -OCH3 is 2. The van der Waals surface area contributed by atoms with Crippen molar-refractivity contribution in [3.63, 3.8) is 0 Å². The van der Waals surface area contributed by atoms with Gasteiger partial charge in [-0.15, -0.1) is 0 Å². The zero-order valence-electron chi connectivity index (χ0n) is 29.1. The highest BCUT2D eigenvalue weighted by Crippen LogP contribution is 2.36. The first-order valence-corrected chi connectivity index (χ1v) is 14.8. The van der Waals surface area contributed by atoms with E-state index in [9.17, 15) is 4.79 Å². The van der Waals surface area contributed by atoms with Gasteiger partial charge >= 0.3 is 6.03 Å². The van der Waals surface area contributed by atoms with Gasteiger partial charge in [0.2, 0.25) is 0 Å². The normalized spacial score (nSPS) is 11.5. The number of benzene rings is 4. The molecule has 11 nitrogen and oxygen atoms in total. The van der Waals surface area contributed by atoms with Gasteiger partial charge in [-0.3, -0.25) is 8.97 Å². The summed E-state index contributed by atoms with van der Waals surface area (Å²) < 4.78 is 12.5. The Hall–Kier alpha value is -4.55. The molecule has 0 aliphatic carbocycles. The summed E-state index contributed by atoms with van der Waals surface area (Å²) in [6.07, 6.45) is 0. The minimum atomic E-state index is -0.464. The van der Waals surface area contributed by atoms with Crippen molar-refractivity contribution in [2.45, 2.75) is 13.8 Å². The Morgan fingerprint density at radius 2 is 0.958 bits per heavy atom. The lowest BCUT2D eigenvalue weighted by Gasteiger charge is -2.23. The molecule has 0 spiro atoms. The minimum Gasteiger partial charge on any atom is -1.00 e. The Labute approximate surface area is 295 Å². The molecule has 0 radical (unpaired) electrons. The molecule has 0 fully saturated rings. The second-order valence-corrected chi connectivity index (χ2v) is 12.7. The summed E-state index contributed by atoms with van der Waals surface area (Å²) in [6.45, 7) is 3.80. The Kier molecular flexibility index (Phi) is 13.6. The third kappa shape index (κ3) is 10.2. The van der Waals surface area contributed by atoms with E-state index in [0.717, 1.165) is 33.9 Å². The van der Waals surface area contributed by atoms with E-state index in [1.807, 2.05) is 50.2 Å². The largest absolute Gasteiger partial charge is 1.00 e. The van der Waals surface area contributed by atoms with E-state index in [-0.39, 0.29) is 24.8 Å². The number of rotatable bonds is 10. The van der Waals surface area contributed by atoms with Crippen LogP contribution in [0.15, 0.2) is 93.3 Å². The number of nitrogens with one attached hydrogen (secondary N) is 2. The van der Waals surface area contributed by atoms with Crippen molar-refractivity contribution in [2.75, 3.05) is 67.1 Å². The number of hydrogen-bond donors (Lipinski definition) is 2. The first-order chi connectivity index (χ1) is 21.7. The predicted molar refractivity (Wildman–Crippen MR) is 188 cm³/mol. The number of carbonyl (C=O) groups is 1. The van der Waals surface area contributed by atoms with Crippen LogP contribution in [0.2, 0.25) is 0 Å². The van der Waals surface area contributed by atoms with Crippen LogP contribution in [-0.2, 0) is 0 Å². The summed E-state index contributed by atoms with van der Waals surface area (Å²) in [5.74, 6) is 0.895. The first-order valence-electron chi connectivity index (χ1n) is 14.8. The molecular formula is C35H44Cl2N8O3. The summed E-state index contributed by atoms with van der Waals surface area (Å²) in [4.78, 5) is 13.1. The number of azo groups is 2. The molecule has 0 aliphatic rings. The molecule has 4 rings (SSSR count). The third-order valence-corrected chi connectivity index (χ3v) is 7.29. The fraction of sp³-hybridized carbons (Fsp3) is 0.286. The zero-order chi connectivity index (χ0) is 33.6. The average Bonchev–Trinajstić information content (AvgIpc) is 2.99. The molecule has 0 aromatic heterocycles. The number of urea groups is 1. The molecule has 2 N–H and O–H groups in total. The standard InChI is InChI=1S/C35H43N8O3.2ClH/c1-23-17-31(33(45-9)21-29(23)40-38-25-13-11-15-27(19-25)42(3,4)5)36-35(44)37-32-18-24(2)30(22-34(32)46-10)41-39-26-14-12-16-28(20-26)43(6,7)8;;/h11-22H,1-10H3,(H-,36,37,38,39,44);2*1H/q+1;;/p-1. The Balaban J connectivity index is 0.00000400. The zero-order valence-corrected chi connectivity index (χ0v) is 30.6. The number of ether oxygens (including phenoxy) is 2. The van der Waals surface area contributed by atoms with Crippen molar-refractivity contribution in [3.8, 4) is 11.5 Å². The van der Waals surface area contributed by atoms with Crippen molar-refractivity contribution in [1.29, 1.82) is 0 Å². The molecule has 0 heterocycles. The van der Waals surface area contributed by atoms with E-state index < -0.39 is 6.03 Å². The molecule has 0 aliphatic heterocycles. The Morgan fingerprint density at radius 1 is 0.583 bits per heavy atom. The van der Waals surface area contributed by atoms with Crippen LogP contribution in [0.25, 0.3) is 0 Å². The van der Waals surface area contributed by atoms with E-state index in [2.05, 4.69) is 85.5 Å². The monoisotopic (exact) mass is 694 g/mol. The fourth-order valence-corrected chi connectivity index (χ4v) is 4.55. The Bertz CT molecular complexity index is 1670. The van der Waals surface area contributed by atoms with Gasteiger partial charge in [-0.1, -0.05) is 12.1 Å². The molecule has 0 unspecified atom stereocenters. The molecule has 0 saturated heterocycles. The van der Waals surface area contributed by atoms with Crippen molar-refractivity contribution >= 4 is 51.5 Å². The number of halogens is 2. The maximum atomic E-state index is 13.1. The van der Waals surface area contributed by atoms with Crippen molar-refractivity contribution in [2.24, 2.45) is 20.5 Å². The van der Waals surface area contributed by atoms with Gasteiger partial charge in [0.1, 0.15) is 22.9 Å². The van der Waals surface area contributed by atoms with E-state index in [1.165, 1.54) is 14.2 Å². The second kappa shape index (κ2) is 16.5. The van der Waals surface area contributed by atoms with Gasteiger partial charge in [-0.25, -0.2) is 4.79 Å². The predicted octanol–water partition coefficient (Wildman–Crippen LogP) is 3.20. The van der Waals surface area contributed by atoms with Crippen LogP contribution in [-0.4, -0.2) is 62.5 Å². The molecule has 4 aromatic carbocycles. The molecule has 13 heteroatoms. The molecule has 0 saturated carbocycles. The molecule has 48 heavy (non-hydrogen) atoms. The van der Waals surface area contributed by atoms with Crippen molar-refractivity contribution in [3.05, 3.63) is 83.9 Å². The highest BCUT2D eigenvalue weighted by atomic mass is 35.5. The topological polar surface area (TPSA) is 109 Å². The number of amides is 2. The summed E-state index contributed by atoms with van der Waals surface area (Å²) >= 11 is 0. The second-order valence-electron chi connectivity index (χ2n) is 12.7. The van der Waals surface area contributed by atoms with Crippen molar-refractivity contribution < 1.29 is 39.1 Å². The summed E-state index contributed by atoms with van der Waals surface area (Å²) in [7, 11) is 15.7. The Morgan fingerprint density at radius 3 is 1.29 bits per heavy atom. The van der Waals surface area contributed by atoms with E-state index in [4.69, 9.17) is 9.47 Å². The highest BCUT2D eigenvalue weighted by molar-refractivity contribution is 6.02. The lowest BCUT2D eigenvalue weighted by atomic mass is 10.1. The smallest absolute Gasteiger partial charge is 0.323 e. The van der Waals surface area contributed by atoms with Crippen LogP contribution in [0, 0.1) is 13.8 Å². The van der Waals surface area contributed by atoms with Crippen LogP contribution in [0.3, 0.4) is 0 Å². The first kappa shape index (κ1) is 39.6. The van der Waals surface area contributed by atoms with Gasteiger partial charge in [0.25, 0.3) is 0 Å². The highest BCUT2D eigenvalue weighted by Gasteiger charge is 2.16. The number of quaternary nitrogens is 2. The van der Waals surface area contributed by atoms with Crippen LogP contribution in [0.5, 0.6) is 11.5 Å². The number of anilines is 2. The van der Waals surface area contributed by atoms with E-state index in [0.29, 0.717) is 43.2 Å². The lowest BCUT2D eigenvalue weighted by Crippen LogP contribution is -3.00. The summed E-state index contributed by atoms with van der Waals surface area (Å²) in [5, 5.41) is 23.6. The molecule has 4 aromatic rings.